The molecule has 2 aromatic carbocycles. The Kier molecular flexibility index (Phi) is 6.43. The van der Waals surface area contributed by atoms with E-state index in [1.807, 2.05) is 0 Å². The number of methoxy groups -OCH3 is 2. The van der Waals surface area contributed by atoms with Gasteiger partial charge in [-0.25, -0.2) is 0 Å². The maximum absolute atomic E-state index is 12.1. The Morgan fingerprint density at radius 1 is 1.04 bits per heavy atom. The van der Waals surface area contributed by atoms with Crippen molar-refractivity contribution < 1.29 is 14.3 Å². The van der Waals surface area contributed by atoms with Crippen molar-refractivity contribution in [1.29, 1.82) is 0 Å². The van der Waals surface area contributed by atoms with E-state index in [-0.39, 0.29) is 22.5 Å². The van der Waals surface area contributed by atoms with E-state index in [9.17, 15) is 4.79 Å². The number of rotatable bonds is 6. The van der Waals surface area contributed by atoms with Crippen molar-refractivity contribution in [3.05, 3.63) is 45.4 Å². The second-order valence-corrected chi connectivity index (χ2v) is 5.96. The summed E-state index contributed by atoms with van der Waals surface area (Å²) in [4.78, 5) is 12.1. The van der Waals surface area contributed by atoms with Gasteiger partial charge in [0.05, 0.1) is 42.2 Å². The molecule has 5 nitrogen and oxygen atoms in total. The minimum absolute atomic E-state index is 0.0151. The Morgan fingerprint density at radius 2 is 1.71 bits per heavy atom. The van der Waals surface area contributed by atoms with Crippen LogP contribution >= 0.6 is 34.8 Å². The third kappa shape index (κ3) is 4.60. The standard InChI is InChI=1S/C16H15Cl3N2O3/c1-23-10-3-4-14(24-2)13(7-10)20-8-15(22)21-16-11(18)5-9(17)6-12(16)19/h3-7,20H,8H2,1-2H3,(H,21,22). The van der Waals surface area contributed by atoms with Crippen molar-refractivity contribution in [1.82, 2.24) is 0 Å². The van der Waals surface area contributed by atoms with Crippen LogP contribution in [0.1, 0.15) is 0 Å². The Balaban J connectivity index is 2.06. The predicted octanol–water partition coefficient (Wildman–Crippen LogP) is 4.71. The lowest BCUT2D eigenvalue weighted by Gasteiger charge is -2.13. The quantitative estimate of drug-likeness (QED) is 0.751. The van der Waals surface area contributed by atoms with Gasteiger partial charge in [-0.2, -0.15) is 0 Å². The molecule has 0 aromatic heterocycles. The Morgan fingerprint density at radius 3 is 2.29 bits per heavy atom. The fraction of sp³-hybridized carbons (Fsp3) is 0.188. The van der Waals surface area contributed by atoms with Gasteiger partial charge >= 0.3 is 0 Å². The summed E-state index contributed by atoms with van der Waals surface area (Å²) < 4.78 is 10.4. The Hall–Kier alpha value is -1.82. The number of hydrogen-bond acceptors (Lipinski definition) is 4. The van der Waals surface area contributed by atoms with Crippen molar-refractivity contribution in [2.45, 2.75) is 0 Å². The van der Waals surface area contributed by atoms with Gasteiger partial charge in [0.2, 0.25) is 5.91 Å². The highest BCUT2D eigenvalue weighted by Gasteiger charge is 2.12. The highest BCUT2D eigenvalue weighted by molar-refractivity contribution is 6.42. The molecule has 0 heterocycles. The zero-order valence-electron chi connectivity index (χ0n) is 13.0. The average Bonchev–Trinajstić information content (AvgIpc) is 2.55. The maximum Gasteiger partial charge on any atom is 0.243 e. The SMILES string of the molecule is COc1ccc(OC)c(NCC(=O)Nc2c(Cl)cc(Cl)cc2Cl)c1. The van der Waals surface area contributed by atoms with Crippen LogP contribution in [0.25, 0.3) is 0 Å². The van der Waals surface area contributed by atoms with Crippen LogP contribution in [-0.4, -0.2) is 26.7 Å². The molecule has 0 spiro atoms. The second kappa shape index (κ2) is 8.33. The summed E-state index contributed by atoms with van der Waals surface area (Å²) in [5.41, 5.74) is 0.937. The molecule has 2 rings (SSSR count). The number of carbonyl (C=O) groups is 1. The van der Waals surface area contributed by atoms with Gasteiger partial charge in [-0.3, -0.25) is 4.79 Å². The van der Waals surface area contributed by atoms with Crippen LogP contribution in [0.3, 0.4) is 0 Å². The molecular weight excluding hydrogens is 375 g/mol. The molecule has 0 saturated carbocycles. The first-order valence-electron chi connectivity index (χ1n) is 6.85. The van der Waals surface area contributed by atoms with Gasteiger partial charge in [-0.15, -0.1) is 0 Å². The Labute approximate surface area is 154 Å². The van der Waals surface area contributed by atoms with Crippen LogP contribution in [0.4, 0.5) is 11.4 Å². The van der Waals surface area contributed by atoms with E-state index in [0.29, 0.717) is 27.9 Å². The average molecular weight is 390 g/mol. The van der Waals surface area contributed by atoms with Gasteiger partial charge in [-0.05, 0) is 24.3 Å². The topological polar surface area (TPSA) is 59.6 Å². The molecule has 2 N–H and O–H groups in total. The number of halogens is 3. The molecule has 0 bridgehead atoms. The van der Waals surface area contributed by atoms with Crippen molar-refractivity contribution in [3.63, 3.8) is 0 Å². The normalized spacial score (nSPS) is 10.2. The number of nitrogens with one attached hydrogen (secondary N) is 2. The second-order valence-electron chi connectivity index (χ2n) is 4.71. The lowest BCUT2D eigenvalue weighted by atomic mass is 10.2. The molecule has 128 valence electrons. The minimum Gasteiger partial charge on any atom is -0.497 e. The van der Waals surface area contributed by atoms with E-state index in [1.54, 1.807) is 32.4 Å². The van der Waals surface area contributed by atoms with Crippen molar-refractivity contribution in [2.24, 2.45) is 0 Å². The van der Waals surface area contributed by atoms with E-state index in [0.717, 1.165) is 0 Å². The number of amides is 1. The van der Waals surface area contributed by atoms with Crippen molar-refractivity contribution in [3.8, 4) is 11.5 Å². The van der Waals surface area contributed by atoms with E-state index in [1.165, 1.54) is 12.1 Å². The lowest BCUT2D eigenvalue weighted by Crippen LogP contribution is -2.22. The smallest absolute Gasteiger partial charge is 0.243 e. The summed E-state index contributed by atoms with van der Waals surface area (Å²) in [6.07, 6.45) is 0. The van der Waals surface area contributed by atoms with Crippen molar-refractivity contribution in [2.75, 3.05) is 31.4 Å². The Bertz CT molecular complexity index is 730. The van der Waals surface area contributed by atoms with Gasteiger partial charge in [-0.1, -0.05) is 34.8 Å². The summed E-state index contributed by atoms with van der Waals surface area (Å²) in [7, 11) is 3.10. The minimum atomic E-state index is -0.328. The molecule has 1 amide bonds. The van der Waals surface area contributed by atoms with Gasteiger partial charge in [0.1, 0.15) is 11.5 Å². The number of ether oxygens (including phenoxy) is 2. The van der Waals surface area contributed by atoms with Crippen LogP contribution in [0, 0.1) is 0 Å². The predicted molar refractivity (Wildman–Crippen MR) is 98.1 cm³/mol. The molecule has 0 aliphatic rings. The first-order valence-corrected chi connectivity index (χ1v) is 7.98. The highest BCUT2D eigenvalue weighted by atomic mass is 35.5. The fourth-order valence-corrected chi connectivity index (χ4v) is 2.88. The molecule has 0 aliphatic carbocycles. The monoisotopic (exact) mass is 388 g/mol. The van der Waals surface area contributed by atoms with Crippen molar-refractivity contribution >= 4 is 52.1 Å². The van der Waals surface area contributed by atoms with Crippen LogP contribution in [0.15, 0.2) is 30.3 Å². The number of anilines is 2. The lowest BCUT2D eigenvalue weighted by molar-refractivity contribution is -0.114. The van der Waals surface area contributed by atoms with Crippen LogP contribution in [-0.2, 0) is 4.79 Å². The molecular formula is C16H15Cl3N2O3. The molecule has 0 unspecified atom stereocenters. The van der Waals surface area contributed by atoms with Crippen LogP contribution in [0.2, 0.25) is 15.1 Å². The third-order valence-electron chi connectivity index (χ3n) is 3.12. The highest BCUT2D eigenvalue weighted by Crippen LogP contribution is 2.33. The van der Waals surface area contributed by atoms with Gasteiger partial charge in [0.25, 0.3) is 0 Å². The summed E-state index contributed by atoms with van der Waals surface area (Å²) in [6, 6.07) is 8.24. The molecule has 2 aromatic rings. The zero-order valence-corrected chi connectivity index (χ0v) is 15.2. The van der Waals surface area contributed by atoms with Gasteiger partial charge < -0.3 is 20.1 Å². The molecule has 0 radical (unpaired) electrons. The number of hydrogen-bond donors (Lipinski definition) is 2. The zero-order chi connectivity index (χ0) is 17.7. The van der Waals surface area contributed by atoms with E-state index >= 15 is 0 Å². The first-order chi connectivity index (χ1) is 11.4. The molecule has 0 aliphatic heterocycles. The summed E-state index contributed by atoms with van der Waals surface area (Å²) >= 11 is 17.9. The first kappa shape index (κ1) is 18.5. The van der Waals surface area contributed by atoms with E-state index < -0.39 is 0 Å². The number of benzene rings is 2. The fourth-order valence-electron chi connectivity index (χ4n) is 1.97. The summed E-state index contributed by atoms with van der Waals surface area (Å²) in [5.74, 6) is 0.902. The molecule has 8 heteroatoms. The number of carbonyl (C=O) groups excluding carboxylic acids is 1. The van der Waals surface area contributed by atoms with E-state index in [4.69, 9.17) is 44.3 Å². The van der Waals surface area contributed by atoms with Crippen LogP contribution < -0.4 is 20.1 Å². The third-order valence-corrected chi connectivity index (χ3v) is 3.93. The summed E-state index contributed by atoms with van der Waals surface area (Å²) in [6.45, 7) is -0.0151. The van der Waals surface area contributed by atoms with Crippen LogP contribution in [0.5, 0.6) is 11.5 Å². The largest absolute Gasteiger partial charge is 0.497 e. The van der Waals surface area contributed by atoms with Gasteiger partial charge in [0.15, 0.2) is 0 Å². The molecule has 24 heavy (non-hydrogen) atoms. The molecule has 0 atom stereocenters. The molecule has 0 saturated heterocycles. The maximum atomic E-state index is 12.1. The van der Waals surface area contributed by atoms with E-state index in [2.05, 4.69) is 10.6 Å². The summed E-state index contributed by atoms with van der Waals surface area (Å²) in [5, 5.41) is 6.54. The van der Waals surface area contributed by atoms with Gasteiger partial charge in [0, 0.05) is 11.1 Å². The molecule has 0 fully saturated rings.